The summed E-state index contributed by atoms with van der Waals surface area (Å²) in [5.41, 5.74) is 0.774. The largest absolute Gasteiger partial charge is 0.508 e. The number of nitrogens with one attached hydrogen (secondary N) is 1. The number of rotatable bonds is 4. The molecule has 2 aliphatic rings. The van der Waals surface area contributed by atoms with Crippen LogP contribution in [0.3, 0.4) is 0 Å². The van der Waals surface area contributed by atoms with Crippen molar-refractivity contribution >= 4 is 0 Å². The van der Waals surface area contributed by atoms with Crippen LogP contribution in [0.2, 0.25) is 0 Å². The molecule has 3 rings (SSSR count). The summed E-state index contributed by atoms with van der Waals surface area (Å²) < 4.78 is 13.0. The van der Waals surface area contributed by atoms with Gasteiger partial charge in [0.1, 0.15) is 11.6 Å². The van der Waals surface area contributed by atoms with Crippen LogP contribution in [-0.4, -0.2) is 35.2 Å². The van der Waals surface area contributed by atoms with E-state index in [9.17, 15) is 9.50 Å². The molecule has 20 heavy (non-hydrogen) atoms. The molecule has 4 heteroatoms. The van der Waals surface area contributed by atoms with Gasteiger partial charge in [0.15, 0.2) is 0 Å². The Labute approximate surface area is 119 Å². The Morgan fingerprint density at radius 1 is 1.25 bits per heavy atom. The van der Waals surface area contributed by atoms with Crippen molar-refractivity contribution in [2.75, 3.05) is 13.1 Å². The maximum Gasteiger partial charge on any atom is 0.126 e. The maximum atomic E-state index is 13.0. The molecule has 1 aliphatic carbocycles. The average molecular weight is 278 g/mol. The highest BCUT2D eigenvalue weighted by Gasteiger charge is 2.32. The number of phenols is 1. The predicted molar refractivity (Wildman–Crippen MR) is 77.2 cm³/mol. The molecule has 0 spiro atoms. The van der Waals surface area contributed by atoms with Gasteiger partial charge in [0.25, 0.3) is 0 Å². The van der Waals surface area contributed by atoms with Crippen molar-refractivity contribution in [1.82, 2.24) is 10.2 Å². The van der Waals surface area contributed by atoms with Gasteiger partial charge in [-0.3, -0.25) is 0 Å². The second kappa shape index (κ2) is 5.70. The van der Waals surface area contributed by atoms with Crippen molar-refractivity contribution < 1.29 is 9.50 Å². The van der Waals surface area contributed by atoms with E-state index < -0.39 is 5.82 Å². The van der Waals surface area contributed by atoms with Crippen molar-refractivity contribution in [2.45, 2.75) is 50.7 Å². The van der Waals surface area contributed by atoms with Gasteiger partial charge in [-0.2, -0.15) is 0 Å². The van der Waals surface area contributed by atoms with Gasteiger partial charge in [-0.1, -0.05) is 6.07 Å². The van der Waals surface area contributed by atoms with Gasteiger partial charge in [0.05, 0.1) is 0 Å². The summed E-state index contributed by atoms with van der Waals surface area (Å²) in [4.78, 5) is 2.60. The molecule has 0 radical (unpaired) electrons. The van der Waals surface area contributed by atoms with E-state index >= 15 is 0 Å². The molecule has 1 unspecified atom stereocenters. The minimum atomic E-state index is -0.392. The Bertz CT molecular complexity index is 468. The lowest BCUT2D eigenvalue weighted by molar-refractivity contribution is 0.184. The summed E-state index contributed by atoms with van der Waals surface area (Å²) in [7, 11) is 0. The third-order valence-corrected chi connectivity index (χ3v) is 4.54. The topological polar surface area (TPSA) is 35.5 Å². The van der Waals surface area contributed by atoms with Gasteiger partial charge in [0, 0.05) is 29.8 Å². The number of aromatic hydroxyl groups is 1. The van der Waals surface area contributed by atoms with Crippen LogP contribution in [0.4, 0.5) is 4.39 Å². The van der Waals surface area contributed by atoms with Crippen molar-refractivity contribution in [2.24, 2.45) is 0 Å². The third-order valence-electron chi connectivity index (χ3n) is 4.54. The molecule has 0 amide bonds. The lowest BCUT2D eigenvalue weighted by Gasteiger charge is -2.34. The van der Waals surface area contributed by atoms with E-state index in [1.54, 1.807) is 6.07 Å². The van der Waals surface area contributed by atoms with Crippen LogP contribution in [0.5, 0.6) is 5.75 Å². The maximum absolute atomic E-state index is 13.0. The molecule has 3 nitrogen and oxygen atoms in total. The lowest BCUT2D eigenvalue weighted by atomic mass is 10.0. The number of nitrogens with zero attached hydrogens (tertiary/aromatic N) is 1. The first-order valence-electron chi connectivity index (χ1n) is 7.62. The van der Waals surface area contributed by atoms with Crippen molar-refractivity contribution in [3.63, 3.8) is 0 Å². The van der Waals surface area contributed by atoms with Crippen molar-refractivity contribution in [3.8, 4) is 5.75 Å². The van der Waals surface area contributed by atoms with Crippen LogP contribution in [-0.2, 0) is 0 Å². The molecule has 1 heterocycles. The van der Waals surface area contributed by atoms with E-state index in [-0.39, 0.29) is 11.8 Å². The normalized spacial score (nSPS) is 22.9. The molecule has 110 valence electrons. The summed E-state index contributed by atoms with van der Waals surface area (Å²) in [5.74, 6) is -0.350. The zero-order valence-electron chi connectivity index (χ0n) is 12.0. The molecule has 1 saturated heterocycles. The molecular weight excluding hydrogens is 255 g/mol. The van der Waals surface area contributed by atoms with Crippen molar-refractivity contribution in [1.29, 1.82) is 0 Å². The zero-order chi connectivity index (χ0) is 14.1. The first kappa shape index (κ1) is 13.8. The Morgan fingerprint density at radius 2 is 1.95 bits per heavy atom. The fraction of sp³-hybridized carbons (Fsp3) is 0.625. The highest BCUT2D eigenvalue weighted by molar-refractivity contribution is 5.34. The third kappa shape index (κ3) is 3.13. The molecule has 1 aromatic rings. The molecular formula is C16H23FN2O. The summed E-state index contributed by atoms with van der Waals surface area (Å²) in [6, 6.07) is 5.65. The Hall–Kier alpha value is -1.13. The highest BCUT2D eigenvalue weighted by Crippen LogP contribution is 2.30. The molecule has 1 aromatic carbocycles. The van der Waals surface area contributed by atoms with Gasteiger partial charge in [-0.15, -0.1) is 0 Å². The van der Waals surface area contributed by atoms with Gasteiger partial charge in [-0.25, -0.2) is 4.39 Å². The number of hydrogen-bond acceptors (Lipinski definition) is 3. The van der Waals surface area contributed by atoms with E-state index in [2.05, 4.69) is 10.2 Å². The second-order valence-corrected chi connectivity index (χ2v) is 6.13. The minimum absolute atomic E-state index is 0.0421. The highest BCUT2D eigenvalue weighted by atomic mass is 19.1. The quantitative estimate of drug-likeness (QED) is 0.889. The minimum Gasteiger partial charge on any atom is -0.508 e. The van der Waals surface area contributed by atoms with Gasteiger partial charge >= 0.3 is 0 Å². The monoisotopic (exact) mass is 278 g/mol. The summed E-state index contributed by atoms with van der Waals surface area (Å²) in [6.07, 6.45) is 5.06. The number of benzene rings is 1. The van der Waals surface area contributed by atoms with E-state index in [0.717, 1.165) is 24.4 Å². The first-order chi connectivity index (χ1) is 9.63. The standard InChI is InChI=1S/C16H23FN2O/c1-11(15-5-2-12(17)10-16(15)20)18-13-6-8-19(9-7-13)14-3-4-14/h2,5,10-11,13-14,18,20H,3-4,6-9H2,1H3. The molecule has 1 aliphatic heterocycles. The molecule has 1 saturated carbocycles. The van der Waals surface area contributed by atoms with Crippen molar-refractivity contribution in [3.05, 3.63) is 29.6 Å². The average Bonchev–Trinajstić information content (AvgIpc) is 3.23. The number of likely N-dealkylation sites (tertiary alicyclic amines) is 1. The fourth-order valence-electron chi connectivity index (χ4n) is 3.20. The van der Waals surface area contributed by atoms with Crippen LogP contribution in [0.25, 0.3) is 0 Å². The predicted octanol–water partition coefficient (Wildman–Crippen LogP) is 2.81. The smallest absolute Gasteiger partial charge is 0.126 e. The molecule has 1 atom stereocenters. The van der Waals surface area contributed by atoms with Crippen LogP contribution in [0.1, 0.15) is 44.2 Å². The molecule has 2 fully saturated rings. The number of halogens is 1. The van der Waals surface area contributed by atoms with Crippen LogP contribution in [0, 0.1) is 5.82 Å². The van der Waals surface area contributed by atoms with Gasteiger partial charge in [0.2, 0.25) is 0 Å². The van der Waals surface area contributed by atoms with E-state index in [1.165, 1.54) is 38.1 Å². The van der Waals surface area contributed by atoms with Gasteiger partial charge in [-0.05, 0) is 51.8 Å². The molecule has 0 bridgehead atoms. The SMILES string of the molecule is CC(NC1CCN(C2CC2)CC1)c1ccc(F)cc1O. The Balaban J connectivity index is 1.54. The molecule has 0 aromatic heterocycles. The summed E-state index contributed by atoms with van der Waals surface area (Å²) >= 11 is 0. The summed E-state index contributed by atoms with van der Waals surface area (Å²) in [5, 5.41) is 13.4. The van der Waals surface area contributed by atoms with Crippen LogP contribution >= 0.6 is 0 Å². The van der Waals surface area contributed by atoms with E-state index in [0.29, 0.717) is 6.04 Å². The number of phenolic OH excluding ortho intramolecular Hbond substituents is 1. The first-order valence-corrected chi connectivity index (χ1v) is 7.62. The summed E-state index contributed by atoms with van der Waals surface area (Å²) in [6.45, 7) is 4.37. The zero-order valence-corrected chi connectivity index (χ0v) is 12.0. The number of piperidine rings is 1. The lowest BCUT2D eigenvalue weighted by Crippen LogP contribution is -2.44. The second-order valence-electron chi connectivity index (χ2n) is 6.13. The Kier molecular flexibility index (Phi) is 3.94. The number of hydrogen-bond donors (Lipinski definition) is 2. The fourth-order valence-corrected chi connectivity index (χ4v) is 3.20. The van der Waals surface area contributed by atoms with Crippen LogP contribution < -0.4 is 5.32 Å². The van der Waals surface area contributed by atoms with E-state index in [4.69, 9.17) is 0 Å². The van der Waals surface area contributed by atoms with E-state index in [1.807, 2.05) is 6.92 Å². The van der Waals surface area contributed by atoms with Crippen LogP contribution in [0.15, 0.2) is 18.2 Å². The molecule has 2 N–H and O–H groups in total. The Morgan fingerprint density at radius 3 is 2.55 bits per heavy atom. The van der Waals surface area contributed by atoms with Gasteiger partial charge < -0.3 is 15.3 Å².